The predicted molar refractivity (Wildman–Crippen MR) is 83.2 cm³/mol. The summed E-state index contributed by atoms with van der Waals surface area (Å²) >= 11 is 0. The van der Waals surface area contributed by atoms with Gasteiger partial charge in [-0.15, -0.1) is 0 Å². The Labute approximate surface area is 161 Å². The van der Waals surface area contributed by atoms with Crippen LogP contribution in [-0.2, 0) is 14.6 Å². The van der Waals surface area contributed by atoms with Crippen molar-refractivity contribution in [3.05, 3.63) is 0 Å². The first-order valence-electron chi connectivity index (χ1n) is 7.31. The molecule has 0 aliphatic heterocycles. The van der Waals surface area contributed by atoms with Crippen LogP contribution in [0.25, 0.3) is 0 Å². The molecular weight excluding hydrogens is 337 g/mol. The standard InChI is InChI=1S/C12H26O4S.CH2O3.H3N.Na/c1-2-3-4-5-6-7-8-9-10-11-12-16-17(13,14)15;2-1(3)4;;/h2-12H2,1H3,(H,13,14,15);(H2,2,3,4);1H3;/q;;;+1/p-1. The van der Waals surface area contributed by atoms with E-state index < -0.39 is 16.6 Å². The summed E-state index contributed by atoms with van der Waals surface area (Å²) in [5, 5.41) is 13.9. The molecule has 8 nitrogen and oxygen atoms in total. The van der Waals surface area contributed by atoms with Gasteiger partial charge in [-0.25, -0.2) is 13.2 Å². The van der Waals surface area contributed by atoms with Crippen molar-refractivity contribution in [1.82, 2.24) is 6.15 Å². The van der Waals surface area contributed by atoms with E-state index in [2.05, 4.69) is 11.1 Å². The van der Waals surface area contributed by atoms with Crippen molar-refractivity contribution in [3.8, 4) is 0 Å². The molecule has 0 saturated heterocycles. The van der Waals surface area contributed by atoms with Crippen molar-refractivity contribution in [2.45, 2.75) is 71.1 Å². The fourth-order valence-electron chi connectivity index (χ4n) is 1.75. The summed E-state index contributed by atoms with van der Waals surface area (Å²) in [4.78, 5) is 8.56. The van der Waals surface area contributed by atoms with Crippen LogP contribution in [0.5, 0.6) is 0 Å². The number of carbonyl (C=O) groups is 1. The van der Waals surface area contributed by atoms with Crippen LogP contribution >= 0.6 is 0 Å². The molecule has 0 radical (unpaired) electrons. The van der Waals surface area contributed by atoms with Gasteiger partial charge in [0, 0.05) is 0 Å². The van der Waals surface area contributed by atoms with Gasteiger partial charge in [0.2, 0.25) is 10.4 Å². The Hall–Kier alpha value is 0.100. The topological polar surface area (TPSA) is 159 Å². The first-order chi connectivity index (χ1) is 9.79. The zero-order valence-corrected chi connectivity index (χ0v) is 17.1. The van der Waals surface area contributed by atoms with Crippen molar-refractivity contribution >= 4 is 16.6 Å². The summed E-state index contributed by atoms with van der Waals surface area (Å²) in [7, 11) is -4.48. The van der Waals surface area contributed by atoms with Crippen LogP contribution in [0.3, 0.4) is 0 Å². The Morgan fingerprint density at radius 2 is 1.22 bits per heavy atom. The molecule has 0 aromatic heterocycles. The van der Waals surface area contributed by atoms with Crippen LogP contribution in [0, 0.1) is 0 Å². The molecule has 0 atom stereocenters. The number of unbranched alkanes of at least 4 members (excludes halogenated alkanes) is 9. The molecule has 0 spiro atoms. The SMILES string of the molecule is CCCCCCCCCCCCOS(=O)(=O)[O-].N.O=C(O)O.[Na+]. The molecule has 0 aliphatic rings. The van der Waals surface area contributed by atoms with E-state index in [-0.39, 0.29) is 42.3 Å². The average Bonchev–Trinajstić information content (AvgIpc) is 2.34. The molecule has 0 aromatic carbocycles. The van der Waals surface area contributed by atoms with Crippen LogP contribution in [0.4, 0.5) is 4.79 Å². The third kappa shape index (κ3) is 44.9. The summed E-state index contributed by atoms with van der Waals surface area (Å²) < 4.78 is 34.5. The van der Waals surface area contributed by atoms with Crippen LogP contribution in [0.2, 0.25) is 0 Å². The molecule has 0 aromatic rings. The molecule has 0 amide bonds. The summed E-state index contributed by atoms with van der Waals surface area (Å²) in [6.45, 7) is 2.24. The fraction of sp³-hybridized carbons (Fsp3) is 0.923. The zero-order chi connectivity index (χ0) is 16.6. The van der Waals surface area contributed by atoms with Gasteiger partial charge in [-0.1, -0.05) is 64.7 Å². The molecular formula is C13H30NNaO7S. The maximum absolute atomic E-state index is 10.1. The van der Waals surface area contributed by atoms with Gasteiger partial charge in [-0.05, 0) is 6.42 Å². The Bertz CT molecular complexity index is 335. The molecule has 0 fully saturated rings. The maximum atomic E-state index is 10.1. The van der Waals surface area contributed by atoms with Gasteiger partial charge < -0.3 is 20.9 Å². The number of rotatable bonds is 12. The van der Waals surface area contributed by atoms with E-state index in [9.17, 15) is 13.0 Å². The van der Waals surface area contributed by atoms with Crippen molar-refractivity contribution in [3.63, 3.8) is 0 Å². The van der Waals surface area contributed by atoms with Gasteiger partial charge >= 0.3 is 35.7 Å². The molecule has 0 unspecified atom stereocenters. The van der Waals surface area contributed by atoms with Gasteiger partial charge in [0.1, 0.15) is 0 Å². The summed E-state index contributed by atoms with van der Waals surface area (Å²) in [5.74, 6) is 0. The monoisotopic (exact) mass is 367 g/mol. The molecule has 0 saturated carbocycles. The molecule has 10 heteroatoms. The summed E-state index contributed by atoms with van der Waals surface area (Å²) in [6.07, 6.45) is 9.87. The Balaban J connectivity index is -0.000000268. The van der Waals surface area contributed by atoms with Gasteiger partial charge in [-0.3, -0.25) is 4.18 Å². The van der Waals surface area contributed by atoms with Gasteiger partial charge in [0.15, 0.2) is 0 Å². The number of hydrogen-bond donors (Lipinski definition) is 3. The first-order valence-corrected chi connectivity index (χ1v) is 8.65. The normalized spacial score (nSPS) is 9.83. The maximum Gasteiger partial charge on any atom is 1.00 e. The Morgan fingerprint density at radius 1 is 0.913 bits per heavy atom. The summed E-state index contributed by atoms with van der Waals surface area (Å²) in [5.41, 5.74) is 0. The van der Waals surface area contributed by atoms with E-state index in [0.717, 1.165) is 12.8 Å². The summed E-state index contributed by atoms with van der Waals surface area (Å²) in [6, 6.07) is 0. The van der Waals surface area contributed by atoms with E-state index in [1.54, 1.807) is 0 Å². The molecule has 0 rings (SSSR count). The zero-order valence-electron chi connectivity index (χ0n) is 14.3. The average molecular weight is 367 g/mol. The molecule has 23 heavy (non-hydrogen) atoms. The van der Waals surface area contributed by atoms with Crippen molar-refractivity contribution in [2.75, 3.05) is 6.61 Å². The van der Waals surface area contributed by atoms with Gasteiger partial charge in [0.05, 0.1) is 6.61 Å². The second-order valence-electron chi connectivity index (χ2n) is 4.69. The third-order valence-corrected chi connectivity index (χ3v) is 3.18. The molecule has 5 N–H and O–H groups in total. The van der Waals surface area contributed by atoms with Crippen LogP contribution < -0.4 is 35.7 Å². The smallest absolute Gasteiger partial charge is 0.726 e. The fourth-order valence-corrected chi connectivity index (χ4v) is 2.07. The minimum Gasteiger partial charge on any atom is -0.726 e. The number of hydrogen-bond acceptors (Lipinski definition) is 6. The quantitative estimate of drug-likeness (QED) is 0.197. The van der Waals surface area contributed by atoms with Crippen molar-refractivity contribution in [1.29, 1.82) is 0 Å². The minimum absolute atomic E-state index is 0. The molecule has 0 aliphatic carbocycles. The predicted octanol–water partition coefficient (Wildman–Crippen LogP) is 0.773. The molecule has 0 heterocycles. The molecule has 0 bridgehead atoms. The van der Waals surface area contributed by atoms with E-state index >= 15 is 0 Å². The van der Waals surface area contributed by atoms with Crippen LogP contribution in [0.1, 0.15) is 71.1 Å². The Morgan fingerprint density at radius 3 is 1.52 bits per heavy atom. The van der Waals surface area contributed by atoms with Crippen LogP contribution in [-0.4, -0.2) is 35.9 Å². The first kappa shape index (κ1) is 30.9. The van der Waals surface area contributed by atoms with Gasteiger partial charge in [-0.2, -0.15) is 0 Å². The third-order valence-electron chi connectivity index (χ3n) is 2.73. The van der Waals surface area contributed by atoms with E-state index in [1.165, 1.54) is 44.9 Å². The second kappa shape index (κ2) is 22.1. The van der Waals surface area contributed by atoms with Crippen molar-refractivity contribution in [2.24, 2.45) is 0 Å². The second-order valence-corrected chi connectivity index (χ2v) is 5.75. The Kier molecular flexibility index (Phi) is 29.7. The van der Waals surface area contributed by atoms with Crippen molar-refractivity contribution < 1.29 is 61.7 Å². The minimum atomic E-state index is -4.48. The van der Waals surface area contributed by atoms with E-state index in [0.29, 0.717) is 6.42 Å². The van der Waals surface area contributed by atoms with E-state index in [4.69, 9.17) is 15.0 Å². The van der Waals surface area contributed by atoms with Gasteiger partial charge in [0.25, 0.3) is 0 Å². The number of carboxylic acid groups (broad SMARTS) is 2. The molecule has 136 valence electrons. The van der Waals surface area contributed by atoms with E-state index in [1.807, 2.05) is 0 Å². The van der Waals surface area contributed by atoms with Crippen LogP contribution in [0.15, 0.2) is 0 Å². The largest absolute Gasteiger partial charge is 1.00 e.